The summed E-state index contributed by atoms with van der Waals surface area (Å²) in [6.45, 7) is 2.50. The summed E-state index contributed by atoms with van der Waals surface area (Å²) in [4.78, 5) is 8.81. The van der Waals surface area contributed by atoms with Crippen LogP contribution in [0, 0.1) is 0 Å². The van der Waals surface area contributed by atoms with E-state index in [2.05, 4.69) is 9.98 Å². The number of rotatable bonds is 1. The van der Waals surface area contributed by atoms with Crippen LogP contribution in [-0.4, -0.2) is 21.0 Å². The number of aromatic hydroxyl groups is 2. The number of hydrogen-bond donors (Lipinski definition) is 3. The van der Waals surface area contributed by atoms with E-state index in [1.807, 2.05) is 36.1 Å². The van der Waals surface area contributed by atoms with E-state index < -0.39 is 0 Å². The fourth-order valence-electron chi connectivity index (χ4n) is 2.16. The van der Waals surface area contributed by atoms with Crippen molar-refractivity contribution in [2.45, 2.75) is 13.5 Å². The fraction of sp³-hybridized carbons (Fsp3) is 0.154. The number of hydrogen-bond acceptors (Lipinski definition) is 4. The number of aliphatic imine (C=N–C) groups is 1. The molecule has 0 saturated heterocycles. The number of anilines is 1. The molecule has 18 heavy (non-hydrogen) atoms. The highest BCUT2D eigenvalue weighted by Crippen LogP contribution is 2.35. The monoisotopic (exact) mass is 243 g/mol. The molecule has 0 unspecified atom stereocenters. The molecule has 5 nitrogen and oxygen atoms in total. The average Bonchev–Trinajstić information content (AvgIpc) is 2.67. The van der Waals surface area contributed by atoms with Gasteiger partial charge in [-0.15, -0.1) is 0 Å². The number of H-pyrrole nitrogens is 1. The zero-order chi connectivity index (χ0) is 12.7. The predicted octanol–water partition coefficient (Wildman–Crippen LogP) is 2.50. The predicted molar refractivity (Wildman–Crippen MR) is 69.5 cm³/mol. The van der Waals surface area contributed by atoms with Crippen LogP contribution in [0.3, 0.4) is 0 Å². The molecule has 3 rings (SSSR count). The second-order valence-corrected chi connectivity index (χ2v) is 4.26. The lowest BCUT2D eigenvalue weighted by molar-refractivity contribution is 0.425. The maximum Gasteiger partial charge on any atom is 0.215 e. The van der Waals surface area contributed by atoms with Gasteiger partial charge >= 0.3 is 0 Å². The molecule has 0 amide bonds. The van der Waals surface area contributed by atoms with Crippen molar-refractivity contribution in [1.82, 2.24) is 4.98 Å². The number of nitrogens with one attached hydrogen (secondary N) is 1. The Morgan fingerprint density at radius 2 is 2.06 bits per heavy atom. The topological polar surface area (TPSA) is 71.8 Å². The Bertz CT molecular complexity index is 631. The molecule has 0 fully saturated rings. The summed E-state index contributed by atoms with van der Waals surface area (Å²) in [5.74, 6) is 0.665. The van der Waals surface area contributed by atoms with Gasteiger partial charge in [0.15, 0.2) is 5.88 Å². The van der Waals surface area contributed by atoms with Gasteiger partial charge in [0.05, 0.1) is 12.2 Å². The highest BCUT2D eigenvalue weighted by atomic mass is 16.3. The molecule has 92 valence electrons. The Balaban J connectivity index is 2.05. The molecule has 0 atom stereocenters. The van der Waals surface area contributed by atoms with Crippen LogP contribution in [0.1, 0.15) is 12.5 Å². The molecular formula is C13H13N3O2. The van der Waals surface area contributed by atoms with Crippen molar-refractivity contribution >= 4 is 17.2 Å². The first kappa shape index (κ1) is 10.7. The van der Waals surface area contributed by atoms with Gasteiger partial charge < -0.3 is 15.1 Å². The van der Waals surface area contributed by atoms with Gasteiger partial charge in [-0.25, -0.2) is 4.99 Å². The van der Waals surface area contributed by atoms with Gasteiger partial charge in [0.1, 0.15) is 11.5 Å². The minimum atomic E-state index is -0.0610. The van der Waals surface area contributed by atoms with E-state index in [1.165, 1.54) is 6.07 Å². The van der Waals surface area contributed by atoms with Crippen LogP contribution >= 0.6 is 0 Å². The molecule has 1 aromatic carbocycles. The Morgan fingerprint density at radius 3 is 2.78 bits per heavy atom. The molecule has 0 saturated carbocycles. The molecular weight excluding hydrogens is 230 g/mol. The normalized spacial score (nSPS) is 14.3. The van der Waals surface area contributed by atoms with Crippen LogP contribution in [0.2, 0.25) is 0 Å². The molecule has 1 aliphatic rings. The Kier molecular flexibility index (Phi) is 2.26. The van der Waals surface area contributed by atoms with Crippen molar-refractivity contribution in [1.29, 1.82) is 0 Å². The molecule has 0 radical (unpaired) electrons. The largest absolute Gasteiger partial charge is 0.494 e. The first-order valence-corrected chi connectivity index (χ1v) is 5.67. The molecule has 0 spiro atoms. The fourth-order valence-corrected chi connectivity index (χ4v) is 2.16. The van der Waals surface area contributed by atoms with Crippen molar-refractivity contribution in [3.8, 4) is 11.8 Å². The zero-order valence-corrected chi connectivity index (χ0v) is 9.88. The molecule has 1 aliphatic heterocycles. The minimum absolute atomic E-state index is 0.0542. The van der Waals surface area contributed by atoms with E-state index in [4.69, 9.17) is 0 Å². The lowest BCUT2D eigenvalue weighted by atomic mass is 10.1. The SMILES string of the molecule is CC1=Nc2ccccc2CN1c1cc(O)[nH]c1O. The van der Waals surface area contributed by atoms with Gasteiger partial charge in [-0.05, 0) is 18.6 Å². The van der Waals surface area contributed by atoms with Gasteiger partial charge in [0.2, 0.25) is 5.88 Å². The van der Waals surface area contributed by atoms with Crippen LogP contribution in [0.4, 0.5) is 11.4 Å². The Labute approximate surface area is 104 Å². The van der Waals surface area contributed by atoms with Crippen molar-refractivity contribution in [3.63, 3.8) is 0 Å². The van der Waals surface area contributed by atoms with E-state index in [1.54, 1.807) is 0 Å². The number of amidine groups is 1. The van der Waals surface area contributed by atoms with Crippen molar-refractivity contribution in [2.75, 3.05) is 4.90 Å². The van der Waals surface area contributed by atoms with E-state index in [9.17, 15) is 10.2 Å². The molecule has 3 N–H and O–H groups in total. The number of nitrogens with zero attached hydrogens (tertiary/aromatic N) is 2. The van der Waals surface area contributed by atoms with E-state index in [-0.39, 0.29) is 11.8 Å². The summed E-state index contributed by atoms with van der Waals surface area (Å²) in [5, 5.41) is 19.1. The zero-order valence-electron chi connectivity index (χ0n) is 9.88. The average molecular weight is 243 g/mol. The Hall–Kier alpha value is -2.43. The first-order valence-electron chi connectivity index (χ1n) is 5.67. The summed E-state index contributed by atoms with van der Waals surface area (Å²) < 4.78 is 0. The third-order valence-corrected chi connectivity index (χ3v) is 3.05. The number of aromatic nitrogens is 1. The lowest BCUT2D eigenvalue weighted by Crippen LogP contribution is -2.30. The molecule has 0 bridgehead atoms. The van der Waals surface area contributed by atoms with E-state index in [0.29, 0.717) is 12.2 Å². The lowest BCUT2D eigenvalue weighted by Gasteiger charge is -2.27. The molecule has 1 aromatic heterocycles. The van der Waals surface area contributed by atoms with Gasteiger partial charge in [0.25, 0.3) is 0 Å². The van der Waals surface area contributed by atoms with Crippen LogP contribution in [-0.2, 0) is 6.54 Å². The van der Waals surface area contributed by atoms with Crippen molar-refractivity contribution < 1.29 is 10.2 Å². The van der Waals surface area contributed by atoms with Crippen molar-refractivity contribution in [3.05, 3.63) is 35.9 Å². The number of aromatic amines is 1. The highest BCUT2D eigenvalue weighted by Gasteiger charge is 2.21. The third-order valence-electron chi connectivity index (χ3n) is 3.05. The molecule has 2 aromatic rings. The molecule has 2 heterocycles. The summed E-state index contributed by atoms with van der Waals surface area (Å²) in [7, 11) is 0. The van der Waals surface area contributed by atoms with Crippen LogP contribution in [0.25, 0.3) is 0 Å². The maximum absolute atomic E-state index is 9.74. The van der Waals surface area contributed by atoms with Gasteiger partial charge in [-0.1, -0.05) is 18.2 Å². The summed E-state index contributed by atoms with van der Waals surface area (Å²) in [6.07, 6.45) is 0. The second-order valence-electron chi connectivity index (χ2n) is 4.26. The first-order chi connectivity index (χ1) is 8.65. The number of fused-ring (bicyclic) bond motifs is 1. The molecule has 0 aliphatic carbocycles. The number of para-hydroxylation sites is 1. The minimum Gasteiger partial charge on any atom is -0.494 e. The summed E-state index contributed by atoms with van der Waals surface area (Å²) >= 11 is 0. The van der Waals surface area contributed by atoms with Gasteiger partial charge in [0, 0.05) is 6.07 Å². The van der Waals surface area contributed by atoms with E-state index in [0.717, 1.165) is 17.1 Å². The number of benzene rings is 1. The third kappa shape index (κ3) is 1.60. The highest BCUT2D eigenvalue weighted by molar-refractivity contribution is 6.00. The quantitative estimate of drug-likeness (QED) is 0.720. The van der Waals surface area contributed by atoms with Gasteiger partial charge in [-0.2, -0.15) is 0 Å². The smallest absolute Gasteiger partial charge is 0.215 e. The van der Waals surface area contributed by atoms with Crippen LogP contribution in [0.15, 0.2) is 35.3 Å². The van der Waals surface area contributed by atoms with E-state index >= 15 is 0 Å². The maximum atomic E-state index is 9.74. The Morgan fingerprint density at radius 1 is 1.28 bits per heavy atom. The van der Waals surface area contributed by atoms with Crippen molar-refractivity contribution in [2.24, 2.45) is 4.99 Å². The van der Waals surface area contributed by atoms with Gasteiger partial charge in [-0.3, -0.25) is 4.98 Å². The van der Waals surface area contributed by atoms with Crippen LogP contribution in [0.5, 0.6) is 11.8 Å². The second kappa shape index (κ2) is 3.80. The standard InChI is InChI=1S/C13H13N3O2/c1-8-14-10-5-3-2-4-9(10)7-16(8)11-6-12(17)15-13(11)18/h2-6,15,17-18H,7H2,1H3. The van der Waals surface area contributed by atoms with Crippen LogP contribution < -0.4 is 4.90 Å². The summed E-state index contributed by atoms with van der Waals surface area (Å²) in [6, 6.07) is 9.36. The summed E-state index contributed by atoms with van der Waals surface area (Å²) in [5.41, 5.74) is 2.57. The molecule has 5 heteroatoms.